The second kappa shape index (κ2) is 5.29. The molecule has 0 unspecified atom stereocenters. The molecule has 0 bridgehead atoms. The Balaban J connectivity index is 0.000001000. The van der Waals surface area contributed by atoms with E-state index in [1.165, 1.54) is 6.20 Å². The van der Waals surface area contributed by atoms with E-state index in [9.17, 15) is 9.90 Å². The second-order valence-corrected chi connectivity index (χ2v) is 1.83. The van der Waals surface area contributed by atoms with Crippen molar-refractivity contribution in [3.63, 3.8) is 0 Å². The summed E-state index contributed by atoms with van der Waals surface area (Å²) in [7, 11) is 0. The number of nitrogens with one attached hydrogen (secondary N) is 1. The average Bonchev–Trinajstić information content (AvgIpc) is 2.34. The van der Waals surface area contributed by atoms with Crippen LogP contribution in [0.4, 0.5) is 0 Å². The minimum Gasteiger partial charge on any atom is -0.550 e. The van der Waals surface area contributed by atoms with E-state index in [2.05, 4.69) is 15.4 Å². The number of aromatic amines is 1. The molecule has 0 aliphatic heterocycles. The molecule has 0 radical (unpaired) electrons. The fourth-order valence-electron chi connectivity index (χ4n) is 0.576. The molecule has 1 heterocycles. The van der Waals surface area contributed by atoms with Gasteiger partial charge in [0.2, 0.25) is 0 Å². The smallest absolute Gasteiger partial charge is 0.550 e. The van der Waals surface area contributed by atoms with E-state index in [1.807, 2.05) is 0 Å². The number of hydrogen-bond donors (Lipinski definition) is 1. The third-order valence-corrected chi connectivity index (χ3v) is 1.05. The molecule has 6 heteroatoms. The Morgan fingerprint density at radius 1 is 1.73 bits per heavy atom. The van der Waals surface area contributed by atoms with Crippen molar-refractivity contribution in [2.75, 3.05) is 0 Å². The Hall–Kier alpha value is -0.390. The van der Waals surface area contributed by atoms with E-state index in [-0.39, 0.29) is 36.0 Å². The van der Waals surface area contributed by atoms with Gasteiger partial charge in [-0.05, 0) is 12.8 Å². The first-order valence-corrected chi connectivity index (χ1v) is 2.83. The summed E-state index contributed by atoms with van der Waals surface area (Å²) in [5.74, 6) is -1.07. The zero-order valence-electron chi connectivity index (χ0n) is 6.20. The van der Waals surface area contributed by atoms with Crippen molar-refractivity contribution in [2.45, 2.75) is 12.8 Å². The minimum atomic E-state index is -1.07. The molecule has 0 saturated heterocycles. The standard InChI is InChI=1S/C5H7N3O2.Na/c9-5(10)2-1-4-3-6-8-7-4;/h3H,1-2H2,(H,9,10)(H,6,7,8);/q;+1/p-1. The minimum absolute atomic E-state index is 0. The zero-order chi connectivity index (χ0) is 7.40. The third kappa shape index (κ3) is 4.13. The largest absolute Gasteiger partial charge is 1.00 e. The summed E-state index contributed by atoms with van der Waals surface area (Å²) >= 11 is 0. The number of carbonyl (C=O) groups is 1. The number of aryl methyl sites for hydroxylation is 1. The third-order valence-electron chi connectivity index (χ3n) is 1.05. The molecule has 1 rings (SSSR count). The van der Waals surface area contributed by atoms with Crippen molar-refractivity contribution in [2.24, 2.45) is 0 Å². The maximum atomic E-state index is 9.92. The van der Waals surface area contributed by atoms with Gasteiger partial charge in [-0.1, -0.05) is 0 Å². The zero-order valence-corrected chi connectivity index (χ0v) is 8.20. The molecular weight excluding hydrogens is 157 g/mol. The van der Waals surface area contributed by atoms with Crippen molar-refractivity contribution in [3.8, 4) is 0 Å². The van der Waals surface area contributed by atoms with E-state index in [0.717, 1.165) is 0 Å². The number of aliphatic carboxylic acids is 1. The van der Waals surface area contributed by atoms with E-state index in [4.69, 9.17) is 0 Å². The molecule has 0 fully saturated rings. The molecule has 1 aromatic rings. The fraction of sp³-hybridized carbons (Fsp3) is 0.400. The van der Waals surface area contributed by atoms with E-state index >= 15 is 0 Å². The number of hydrogen-bond acceptors (Lipinski definition) is 4. The van der Waals surface area contributed by atoms with Crippen molar-refractivity contribution >= 4 is 5.97 Å². The van der Waals surface area contributed by atoms with Crippen LogP contribution in [0, 0.1) is 0 Å². The second-order valence-electron chi connectivity index (χ2n) is 1.83. The molecular formula is C5H6N3NaO2. The van der Waals surface area contributed by atoms with Crippen molar-refractivity contribution in [1.82, 2.24) is 15.4 Å². The summed E-state index contributed by atoms with van der Waals surface area (Å²) in [5.41, 5.74) is 0.643. The molecule has 0 saturated carbocycles. The first kappa shape index (κ1) is 10.6. The number of nitrogens with zero attached hydrogens (tertiary/aromatic N) is 2. The number of carbonyl (C=O) groups excluding carboxylic acids is 1. The fourth-order valence-corrected chi connectivity index (χ4v) is 0.576. The molecule has 11 heavy (non-hydrogen) atoms. The van der Waals surface area contributed by atoms with E-state index in [1.54, 1.807) is 0 Å². The Kier molecular flexibility index (Phi) is 5.10. The number of aromatic nitrogens is 3. The molecule has 1 N–H and O–H groups in total. The van der Waals surface area contributed by atoms with Gasteiger partial charge >= 0.3 is 29.6 Å². The Morgan fingerprint density at radius 2 is 2.45 bits per heavy atom. The van der Waals surface area contributed by atoms with Crippen molar-refractivity contribution in [1.29, 1.82) is 0 Å². The molecule has 0 aromatic carbocycles. The van der Waals surface area contributed by atoms with Crippen LogP contribution in [-0.2, 0) is 11.2 Å². The maximum absolute atomic E-state index is 9.92. The quantitative estimate of drug-likeness (QED) is 0.455. The van der Waals surface area contributed by atoms with Gasteiger partial charge in [0.05, 0.1) is 11.9 Å². The van der Waals surface area contributed by atoms with Crippen LogP contribution < -0.4 is 34.7 Å². The predicted octanol–water partition coefficient (Wildman–Crippen LogP) is -4.51. The molecule has 0 spiro atoms. The number of carboxylic acid groups (broad SMARTS) is 1. The monoisotopic (exact) mass is 163 g/mol. The van der Waals surface area contributed by atoms with Crippen LogP contribution >= 0.6 is 0 Å². The van der Waals surface area contributed by atoms with Crippen molar-refractivity contribution < 1.29 is 39.5 Å². The van der Waals surface area contributed by atoms with Gasteiger partial charge in [-0.3, -0.25) is 0 Å². The summed E-state index contributed by atoms with van der Waals surface area (Å²) < 4.78 is 0. The average molecular weight is 163 g/mol. The molecule has 54 valence electrons. The summed E-state index contributed by atoms with van der Waals surface area (Å²) in [6, 6.07) is 0. The van der Waals surface area contributed by atoms with E-state index < -0.39 is 5.97 Å². The predicted molar refractivity (Wildman–Crippen MR) is 29.7 cm³/mol. The molecule has 0 aliphatic rings. The van der Waals surface area contributed by atoms with Crippen molar-refractivity contribution in [3.05, 3.63) is 11.9 Å². The Bertz CT molecular complexity index is 212. The van der Waals surface area contributed by atoms with Crippen LogP contribution in [-0.4, -0.2) is 21.4 Å². The Morgan fingerprint density at radius 3 is 2.91 bits per heavy atom. The SMILES string of the molecule is O=C([O-])CCc1cn[nH]n1.[Na+]. The van der Waals surface area contributed by atoms with Crippen LogP contribution in [0.25, 0.3) is 0 Å². The van der Waals surface area contributed by atoms with Gasteiger partial charge < -0.3 is 9.90 Å². The van der Waals surface area contributed by atoms with Gasteiger partial charge in [0.25, 0.3) is 0 Å². The van der Waals surface area contributed by atoms with Gasteiger partial charge in [-0.25, -0.2) is 0 Å². The van der Waals surface area contributed by atoms with Gasteiger partial charge in [-0.2, -0.15) is 15.4 Å². The van der Waals surface area contributed by atoms with Crippen LogP contribution in [0.15, 0.2) is 6.20 Å². The van der Waals surface area contributed by atoms with E-state index in [0.29, 0.717) is 12.1 Å². The first-order valence-electron chi connectivity index (χ1n) is 2.83. The normalized spacial score (nSPS) is 8.73. The molecule has 0 aliphatic carbocycles. The summed E-state index contributed by atoms with van der Waals surface area (Å²) in [6.07, 6.45) is 1.86. The number of carboxylic acids is 1. The van der Waals surface area contributed by atoms with Gasteiger partial charge in [0.15, 0.2) is 0 Å². The molecule has 0 atom stereocenters. The number of H-pyrrole nitrogens is 1. The van der Waals surface area contributed by atoms with Crippen LogP contribution in [0.2, 0.25) is 0 Å². The first-order chi connectivity index (χ1) is 4.79. The Labute approximate surface area is 85.5 Å². The van der Waals surface area contributed by atoms with Crippen LogP contribution in [0.5, 0.6) is 0 Å². The van der Waals surface area contributed by atoms with Gasteiger partial charge in [0, 0.05) is 5.97 Å². The van der Waals surface area contributed by atoms with Crippen LogP contribution in [0.1, 0.15) is 12.1 Å². The number of rotatable bonds is 3. The van der Waals surface area contributed by atoms with Gasteiger partial charge in [-0.15, -0.1) is 0 Å². The molecule has 0 amide bonds. The summed E-state index contributed by atoms with van der Waals surface area (Å²) in [6.45, 7) is 0. The van der Waals surface area contributed by atoms with Crippen LogP contribution in [0.3, 0.4) is 0 Å². The molecule has 1 aromatic heterocycles. The molecule has 5 nitrogen and oxygen atoms in total. The topological polar surface area (TPSA) is 81.7 Å². The maximum Gasteiger partial charge on any atom is 1.00 e. The summed E-state index contributed by atoms with van der Waals surface area (Å²) in [4.78, 5) is 9.92. The van der Waals surface area contributed by atoms with Gasteiger partial charge in [0.1, 0.15) is 0 Å². The summed E-state index contributed by atoms with van der Waals surface area (Å²) in [5, 5.41) is 19.5.